The highest BCUT2D eigenvalue weighted by Crippen LogP contribution is 2.28. The van der Waals surface area contributed by atoms with E-state index in [1.807, 2.05) is 31.2 Å². The van der Waals surface area contributed by atoms with Gasteiger partial charge in [-0.2, -0.15) is 0 Å². The van der Waals surface area contributed by atoms with Crippen molar-refractivity contribution in [3.63, 3.8) is 0 Å². The van der Waals surface area contributed by atoms with E-state index in [2.05, 4.69) is 15.0 Å². The number of aliphatic hydroxyl groups excluding tert-OH is 1. The average Bonchev–Trinajstić information content (AvgIpc) is 2.74. The van der Waals surface area contributed by atoms with E-state index in [4.69, 9.17) is 4.98 Å². The second kappa shape index (κ2) is 7.28. The lowest BCUT2D eigenvalue weighted by molar-refractivity contribution is 0.236. The number of hydrogen-bond acceptors (Lipinski definition) is 6. The van der Waals surface area contributed by atoms with Crippen molar-refractivity contribution in [3.05, 3.63) is 71.3 Å². The minimum Gasteiger partial charge on any atom is -0.394 e. The zero-order valence-corrected chi connectivity index (χ0v) is 15.6. The molecule has 0 aliphatic rings. The van der Waals surface area contributed by atoms with Gasteiger partial charge in [-0.25, -0.2) is 9.97 Å². The molecule has 1 N–H and O–H groups in total. The zero-order valence-electron chi connectivity index (χ0n) is 15.6. The van der Waals surface area contributed by atoms with Crippen LogP contribution in [0.4, 0.5) is 0 Å². The van der Waals surface area contributed by atoms with Gasteiger partial charge in [0, 0.05) is 35.4 Å². The van der Waals surface area contributed by atoms with Gasteiger partial charge in [0.05, 0.1) is 35.8 Å². The summed E-state index contributed by atoms with van der Waals surface area (Å²) in [5.74, 6) is 0. The standard InChI is InChI=1S/C21H19N5O2/c1-13-3-4-16(10-23-13)18-9-17-20(19(25-18)15-5-7-22-8-6-15)24-12-26(21(17)28)14(2)11-27/h3-10,12,14,27H,11H2,1-2H3/t14-/m0/s1. The summed E-state index contributed by atoms with van der Waals surface area (Å²) in [5, 5.41) is 9.91. The topological polar surface area (TPSA) is 93.8 Å². The van der Waals surface area contributed by atoms with Crippen LogP contribution in [0.25, 0.3) is 33.4 Å². The van der Waals surface area contributed by atoms with E-state index in [0.29, 0.717) is 22.3 Å². The number of rotatable bonds is 4. The molecule has 0 fully saturated rings. The highest BCUT2D eigenvalue weighted by Gasteiger charge is 2.16. The van der Waals surface area contributed by atoms with Gasteiger partial charge in [-0.05, 0) is 44.2 Å². The highest BCUT2D eigenvalue weighted by molar-refractivity contribution is 5.93. The molecule has 0 unspecified atom stereocenters. The van der Waals surface area contributed by atoms with Gasteiger partial charge in [-0.15, -0.1) is 0 Å². The van der Waals surface area contributed by atoms with Crippen molar-refractivity contribution < 1.29 is 5.11 Å². The lowest BCUT2D eigenvalue weighted by atomic mass is 10.1. The summed E-state index contributed by atoms with van der Waals surface area (Å²) < 4.78 is 1.44. The van der Waals surface area contributed by atoms with Crippen LogP contribution < -0.4 is 5.56 Å². The van der Waals surface area contributed by atoms with E-state index in [-0.39, 0.29) is 18.2 Å². The Morgan fingerprint density at radius 2 is 1.89 bits per heavy atom. The molecule has 0 radical (unpaired) electrons. The molecule has 0 saturated heterocycles. The third kappa shape index (κ3) is 3.16. The fourth-order valence-electron chi connectivity index (χ4n) is 3.02. The van der Waals surface area contributed by atoms with Crippen LogP contribution in [0.15, 0.2) is 60.0 Å². The molecular weight excluding hydrogens is 354 g/mol. The lowest BCUT2D eigenvalue weighted by Gasteiger charge is -2.14. The van der Waals surface area contributed by atoms with Gasteiger partial charge in [-0.1, -0.05) is 0 Å². The van der Waals surface area contributed by atoms with Crippen LogP contribution in [0.1, 0.15) is 18.7 Å². The molecule has 0 aliphatic heterocycles. The summed E-state index contributed by atoms with van der Waals surface area (Å²) in [6.07, 6.45) is 6.56. The SMILES string of the molecule is Cc1ccc(-c2cc3c(=O)n([C@@H](C)CO)cnc3c(-c3ccncc3)n2)cn1. The molecule has 4 aromatic rings. The summed E-state index contributed by atoms with van der Waals surface area (Å²) in [6.45, 7) is 3.54. The Labute approximate surface area is 161 Å². The number of aliphatic hydroxyl groups is 1. The predicted molar refractivity (Wildman–Crippen MR) is 107 cm³/mol. The van der Waals surface area contributed by atoms with Gasteiger partial charge < -0.3 is 5.11 Å². The summed E-state index contributed by atoms with van der Waals surface area (Å²) in [7, 11) is 0. The molecule has 0 aliphatic carbocycles. The average molecular weight is 373 g/mol. The maximum atomic E-state index is 13.1. The second-order valence-corrected chi connectivity index (χ2v) is 6.67. The summed E-state index contributed by atoms with van der Waals surface area (Å²) in [5.41, 5.74) is 4.08. The molecule has 0 spiro atoms. The molecule has 0 aromatic carbocycles. The molecule has 4 heterocycles. The number of aromatic nitrogens is 5. The minimum atomic E-state index is -0.369. The first-order chi connectivity index (χ1) is 13.6. The van der Waals surface area contributed by atoms with Crippen LogP contribution >= 0.6 is 0 Å². The van der Waals surface area contributed by atoms with E-state index < -0.39 is 0 Å². The Balaban J connectivity index is 2.04. The van der Waals surface area contributed by atoms with Crippen LogP contribution in [0.2, 0.25) is 0 Å². The maximum absolute atomic E-state index is 13.1. The Morgan fingerprint density at radius 3 is 2.57 bits per heavy atom. The zero-order chi connectivity index (χ0) is 19.7. The normalized spacial score (nSPS) is 12.2. The van der Waals surface area contributed by atoms with Crippen LogP contribution in [-0.2, 0) is 0 Å². The number of aryl methyl sites for hydroxylation is 1. The maximum Gasteiger partial charge on any atom is 0.261 e. The molecule has 4 rings (SSSR count). The number of pyridine rings is 3. The molecule has 1 atom stereocenters. The van der Waals surface area contributed by atoms with Gasteiger partial charge in [0.15, 0.2) is 0 Å². The van der Waals surface area contributed by atoms with E-state index in [9.17, 15) is 9.90 Å². The Hall–Kier alpha value is -3.45. The number of fused-ring (bicyclic) bond motifs is 1. The first kappa shape index (κ1) is 17.9. The number of nitrogens with zero attached hydrogens (tertiary/aromatic N) is 5. The number of hydrogen-bond donors (Lipinski definition) is 1. The molecule has 7 heteroatoms. The van der Waals surface area contributed by atoms with Crippen molar-refractivity contribution in [1.29, 1.82) is 0 Å². The van der Waals surface area contributed by atoms with Crippen molar-refractivity contribution in [2.45, 2.75) is 19.9 Å². The second-order valence-electron chi connectivity index (χ2n) is 6.67. The van der Waals surface area contributed by atoms with Gasteiger partial charge in [0.25, 0.3) is 5.56 Å². The molecule has 28 heavy (non-hydrogen) atoms. The van der Waals surface area contributed by atoms with Crippen molar-refractivity contribution in [2.75, 3.05) is 6.61 Å². The third-order valence-electron chi connectivity index (χ3n) is 4.67. The van der Waals surface area contributed by atoms with E-state index in [1.54, 1.807) is 31.6 Å². The van der Waals surface area contributed by atoms with Crippen LogP contribution in [0, 0.1) is 6.92 Å². The lowest BCUT2D eigenvalue weighted by Crippen LogP contribution is -2.25. The minimum absolute atomic E-state index is 0.149. The monoisotopic (exact) mass is 373 g/mol. The van der Waals surface area contributed by atoms with Crippen molar-refractivity contribution in [2.24, 2.45) is 0 Å². The van der Waals surface area contributed by atoms with Crippen LogP contribution in [0.3, 0.4) is 0 Å². The fraction of sp³-hybridized carbons (Fsp3) is 0.190. The van der Waals surface area contributed by atoms with E-state index >= 15 is 0 Å². The summed E-state index contributed by atoms with van der Waals surface area (Å²) in [6, 6.07) is 8.88. The predicted octanol–water partition coefficient (Wildman–Crippen LogP) is 2.78. The van der Waals surface area contributed by atoms with Gasteiger partial charge in [0.1, 0.15) is 5.52 Å². The van der Waals surface area contributed by atoms with Gasteiger partial charge in [-0.3, -0.25) is 19.3 Å². The van der Waals surface area contributed by atoms with Crippen LogP contribution in [-0.4, -0.2) is 36.2 Å². The largest absolute Gasteiger partial charge is 0.394 e. The molecule has 0 saturated carbocycles. The quantitative estimate of drug-likeness (QED) is 0.591. The Kier molecular flexibility index (Phi) is 4.67. The smallest absolute Gasteiger partial charge is 0.261 e. The Morgan fingerprint density at radius 1 is 1.11 bits per heavy atom. The molecule has 4 aromatic heterocycles. The first-order valence-corrected chi connectivity index (χ1v) is 8.94. The van der Waals surface area contributed by atoms with Crippen LogP contribution in [0.5, 0.6) is 0 Å². The molecule has 7 nitrogen and oxygen atoms in total. The summed E-state index contributed by atoms with van der Waals surface area (Å²) in [4.78, 5) is 30.8. The molecule has 0 amide bonds. The van der Waals surface area contributed by atoms with Crippen molar-refractivity contribution >= 4 is 10.9 Å². The molecular formula is C21H19N5O2. The fourth-order valence-corrected chi connectivity index (χ4v) is 3.02. The molecule has 140 valence electrons. The summed E-state index contributed by atoms with van der Waals surface area (Å²) >= 11 is 0. The first-order valence-electron chi connectivity index (χ1n) is 8.94. The van der Waals surface area contributed by atoms with E-state index in [0.717, 1.165) is 16.8 Å². The highest BCUT2D eigenvalue weighted by atomic mass is 16.3. The van der Waals surface area contributed by atoms with Crippen molar-refractivity contribution in [1.82, 2.24) is 24.5 Å². The third-order valence-corrected chi connectivity index (χ3v) is 4.67. The van der Waals surface area contributed by atoms with Crippen molar-refractivity contribution in [3.8, 4) is 22.5 Å². The van der Waals surface area contributed by atoms with Gasteiger partial charge in [0.2, 0.25) is 0 Å². The van der Waals surface area contributed by atoms with Gasteiger partial charge >= 0.3 is 0 Å². The Bertz CT molecular complexity index is 1190. The van der Waals surface area contributed by atoms with E-state index in [1.165, 1.54) is 10.9 Å². The molecule has 0 bridgehead atoms.